The first-order valence-electron chi connectivity index (χ1n) is 16.9. The van der Waals surface area contributed by atoms with Crippen molar-refractivity contribution in [2.24, 2.45) is 0 Å². The van der Waals surface area contributed by atoms with Crippen LogP contribution in [0.3, 0.4) is 0 Å². The number of pyridine rings is 1. The molecule has 48 heavy (non-hydrogen) atoms. The van der Waals surface area contributed by atoms with E-state index in [0.717, 1.165) is 37.1 Å². The Morgan fingerprint density at radius 3 is 1.65 bits per heavy atom. The van der Waals surface area contributed by atoms with Crippen molar-refractivity contribution in [3.8, 4) is 11.5 Å². The molecule has 0 spiro atoms. The van der Waals surface area contributed by atoms with Gasteiger partial charge >= 0.3 is 16.8 Å². The average molecular weight is 696 g/mol. The van der Waals surface area contributed by atoms with Crippen molar-refractivity contribution >= 4 is 17.3 Å². The third-order valence-electron chi connectivity index (χ3n) is 9.03. The second kappa shape index (κ2) is 17.9. The normalized spacial score (nSPS) is 14.3. The Morgan fingerprint density at radius 2 is 1.19 bits per heavy atom. The van der Waals surface area contributed by atoms with Gasteiger partial charge in [0.25, 0.3) is 0 Å². The molecule has 2 atom stereocenters. The molecule has 0 aliphatic heterocycles. The van der Waals surface area contributed by atoms with E-state index in [1.54, 1.807) is 6.07 Å². The van der Waals surface area contributed by atoms with E-state index < -0.39 is 17.5 Å². The molecular formula is C40H50CoN3O4. The van der Waals surface area contributed by atoms with Crippen LogP contribution in [-0.2, 0) is 16.8 Å². The van der Waals surface area contributed by atoms with Crippen molar-refractivity contribution in [3.63, 3.8) is 0 Å². The minimum atomic E-state index is -1.43. The number of anilines is 2. The monoisotopic (exact) mass is 695 g/mol. The molecule has 8 heteroatoms. The summed E-state index contributed by atoms with van der Waals surface area (Å²) in [5.74, 6) is -1.32. The van der Waals surface area contributed by atoms with Gasteiger partial charge in [-0.3, -0.25) is 4.98 Å². The summed E-state index contributed by atoms with van der Waals surface area (Å²) in [5, 5.41) is 37.3. The Bertz CT molecular complexity index is 1560. The number of aromatic hydroxyl groups is 2. The fraction of sp³-hybridized carbons (Fsp3) is 0.400. The van der Waals surface area contributed by atoms with E-state index in [2.05, 4.69) is 119 Å². The first-order valence-corrected chi connectivity index (χ1v) is 16.9. The summed E-state index contributed by atoms with van der Waals surface area (Å²) in [6.07, 6.45) is 5.15. The van der Waals surface area contributed by atoms with E-state index in [1.165, 1.54) is 35.0 Å². The second-order valence-electron chi connectivity index (χ2n) is 13.2. The van der Waals surface area contributed by atoms with Crippen molar-refractivity contribution in [1.29, 1.82) is 0 Å². The minimum Gasteiger partial charge on any atom is -0.545 e. The summed E-state index contributed by atoms with van der Waals surface area (Å²) in [5.41, 5.74) is 7.47. The molecule has 3 aromatic carbocycles. The number of carbonyl (C=O) groups is 1. The van der Waals surface area contributed by atoms with Crippen LogP contribution in [-0.4, -0.2) is 21.2 Å². The van der Waals surface area contributed by atoms with Crippen LogP contribution < -0.4 is 15.7 Å². The van der Waals surface area contributed by atoms with E-state index in [-0.39, 0.29) is 40.3 Å². The maximum absolute atomic E-state index is 11.1. The molecule has 1 fully saturated rings. The Hall–Kier alpha value is -4.01. The van der Waals surface area contributed by atoms with Crippen molar-refractivity contribution in [3.05, 3.63) is 113 Å². The topological polar surface area (TPSA) is 118 Å². The molecule has 258 valence electrons. The van der Waals surface area contributed by atoms with Crippen LogP contribution in [0.25, 0.3) is 0 Å². The molecule has 5 rings (SSSR count). The predicted octanol–water partition coefficient (Wildman–Crippen LogP) is 9.18. The molecule has 1 saturated carbocycles. The van der Waals surface area contributed by atoms with Gasteiger partial charge in [0.2, 0.25) is 0 Å². The van der Waals surface area contributed by atoms with Crippen LogP contribution in [0.15, 0.2) is 78.9 Å². The van der Waals surface area contributed by atoms with Crippen molar-refractivity contribution in [2.45, 2.75) is 103 Å². The van der Waals surface area contributed by atoms with Gasteiger partial charge in [0.15, 0.2) is 11.5 Å². The molecule has 7 nitrogen and oxygen atoms in total. The summed E-state index contributed by atoms with van der Waals surface area (Å²) < 4.78 is 0. The number of phenolic OH excluding ortho intramolecular Hbond substituents is 1. The van der Waals surface area contributed by atoms with E-state index in [4.69, 9.17) is 4.98 Å². The predicted molar refractivity (Wildman–Crippen MR) is 189 cm³/mol. The van der Waals surface area contributed by atoms with Crippen LogP contribution in [0.4, 0.5) is 11.4 Å². The number of benzene rings is 3. The van der Waals surface area contributed by atoms with Crippen LogP contribution in [0.1, 0.15) is 142 Å². The molecule has 1 aliphatic carbocycles. The number of aromatic nitrogens is 1. The van der Waals surface area contributed by atoms with E-state index in [9.17, 15) is 20.1 Å². The molecule has 2 unspecified atom stereocenters. The zero-order valence-corrected chi connectivity index (χ0v) is 30.0. The number of aromatic carboxylic acids is 1. The molecule has 0 saturated heterocycles. The van der Waals surface area contributed by atoms with Gasteiger partial charge in [-0.15, -0.1) is 0 Å². The minimum absolute atomic E-state index is 0. The van der Waals surface area contributed by atoms with Crippen LogP contribution >= 0.6 is 0 Å². The fourth-order valence-corrected chi connectivity index (χ4v) is 6.39. The molecule has 4 N–H and O–H groups in total. The molecule has 0 radical (unpaired) electrons. The number of hydrogen-bond donors (Lipinski definition) is 4. The zero-order valence-electron chi connectivity index (χ0n) is 28.9. The summed E-state index contributed by atoms with van der Waals surface area (Å²) in [4.78, 5) is 16.0. The number of carboxylic acid groups (broad SMARTS) is 1. The summed E-state index contributed by atoms with van der Waals surface area (Å²) in [7, 11) is 0. The second-order valence-corrected chi connectivity index (χ2v) is 13.2. The number of nitrogens with one attached hydrogen (secondary N) is 2. The smallest absolute Gasteiger partial charge is 0.545 e. The Kier molecular flexibility index (Phi) is 14.4. The number of rotatable bonds is 10. The molecular weight excluding hydrogens is 645 g/mol. The van der Waals surface area contributed by atoms with E-state index in [1.807, 2.05) is 0 Å². The Labute approximate surface area is 296 Å². The first-order chi connectivity index (χ1) is 22.5. The zero-order chi connectivity index (χ0) is 34.1. The third-order valence-corrected chi connectivity index (χ3v) is 9.03. The summed E-state index contributed by atoms with van der Waals surface area (Å²) in [6.45, 7) is 13.3. The van der Waals surface area contributed by atoms with Gasteiger partial charge in [-0.1, -0.05) is 95.5 Å². The SMILES string of the molecule is CC(C)c1ccccc1NC(C)c1cccc(C(C)Nc2ccccc2C(C)C)n1.O=C([O-])c1c(C2CCCCC2)ccc(O)c1O.[Co+]. The van der Waals surface area contributed by atoms with E-state index in [0.29, 0.717) is 17.4 Å². The standard InChI is InChI=1S/C27H35N3.C13H16O4.Co/c1-18(2)22-12-7-9-14-26(22)28-20(5)24-16-11-17-25(30-24)21(6)29-27-15-10-8-13-23(27)19(3)4;14-10-7-6-9(8-4-2-1-3-5-8)11(12(10)15)13(16)17;/h7-21,28-29H,1-6H3;6-8,14-15H,1-5H2,(H,16,17);/q;;+1/p-1. The number of nitrogens with zero attached hydrogens (tertiary/aromatic N) is 1. The number of para-hydroxylation sites is 2. The summed E-state index contributed by atoms with van der Waals surface area (Å²) in [6, 6.07) is 26.6. The molecule has 1 heterocycles. The molecule has 1 aliphatic rings. The molecule has 0 bridgehead atoms. The number of phenols is 2. The van der Waals surface area contributed by atoms with Crippen LogP contribution in [0.5, 0.6) is 11.5 Å². The molecule has 0 amide bonds. The van der Waals surface area contributed by atoms with Gasteiger partial charge in [0.05, 0.1) is 29.4 Å². The van der Waals surface area contributed by atoms with Crippen molar-refractivity contribution in [1.82, 2.24) is 4.98 Å². The average Bonchev–Trinajstić information content (AvgIpc) is 3.06. The van der Waals surface area contributed by atoms with Gasteiger partial charge in [-0.25, -0.2) is 0 Å². The number of hydrogen-bond acceptors (Lipinski definition) is 7. The maximum Gasteiger partial charge on any atom is 1.00 e. The molecule has 1 aromatic heterocycles. The van der Waals surface area contributed by atoms with Gasteiger partial charge in [0, 0.05) is 16.9 Å². The first kappa shape index (κ1) is 38.4. The Balaban J connectivity index is 0.000000295. The Morgan fingerprint density at radius 1 is 0.708 bits per heavy atom. The van der Waals surface area contributed by atoms with E-state index >= 15 is 0 Å². The molecule has 4 aromatic rings. The van der Waals surface area contributed by atoms with Gasteiger partial charge in [0.1, 0.15) is 0 Å². The third kappa shape index (κ3) is 9.77. The van der Waals surface area contributed by atoms with Crippen molar-refractivity contribution < 1.29 is 36.9 Å². The number of carboxylic acids is 1. The van der Waals surface area contributed by atoms with Gasteiger partial charge in [-0.2, -0.15) is 0 Å². The van der Waals surface area contributed by atoms with Crippen LogP contribution in [0, 0.1) is 0 Å². The fourth-order valence-electron chi connectivity index (χ4n) is 6.39. The van der Waals surface area contributed by atoms with Gasteiger partial charge in [-0.05, 0) is 91.5 Å². The van der Waals surface area contributed by atoms with Gasteiger partial charge < -0.3 is 30.7 Å². The quantitative estimate of drug-likeness (QED) is 0.122. The summed E-state index contributed by atoms with van der Waals surface area (Å²) >= 11 is 0. The van der Waals surface area contributed by atoms with Crippen LogP contribution in [0.2, 0.25) is 0 Å². The number of carbonyl (C=O) groups excluding carboxylic acids is 1. The maximum atomic E-state index is 11.1. The largest absolute Gasteiger partial charge is 1.00 e. The van der Waals surface area contributed by atoms with Crippen molar-refractivity contribution in [2.75, 3.05) is 10.6 Å².